The number of benzene rings is 2. The zero-order valence-corrected chi connectivity index (χ0v) is 23.2. The molecule has 3 heterocycles. The standard InChI is InChI=1S/C29H26FN5O2S2/c1-19-23(16-25-28(37)35(29(38)39-25)18-20-8-10-21(30)11-9-20)26(32(2)27(36)24(19)17-31)34-14-12-33(13-15-34)22-6-4-3-5-7-22/h3-11,16H,12-15,18H2,1-2H3/b25-16-. The summed E-state index contributed by atoms with van der Waals surface area (Å²) < 4.78 is 15.3. The number of carbonyl (C=O) groups is 1. The van der Waals surface area contributed by atoms with Gasteiger partial charge in [-0.1, -0.05) is 54.3 Å². The van der Waals surface area contributed by atoms with E-state index in [2.05, 4.69) is 21.9 Å². The second-order valence-corrected chi connectivity index (χ2v) is 11.1. The number of thiocarbonyl (C=S) groups is 1. The van der Waals surface area contributed by atoms with Gasteiger partial charge in [-0.3, -0.25) is 19.1 Å². The van der Waals surface area contributed by atoms with Crippen molar-refractivity contribution in [2.45, 2.75) is 13.5 Å². The van der Waals surface area contributed by atoms with E-state index in [1.807, 2.05) is 24.3 Å². The summed E-state index contributed by atoms with van der Waals surface area (Å²) in [5.74, 6) is 0.0635. The topological polar surface area (TPSA) is 72.6 Å². The van der Waals surface area contributed by atoms with Crippen LogP contribution in [-0.4, -0.2) is 45.9 Å². The van der Waals surface area contributed by atoms with Crippen molar-refractivity contribution in [1.29, 1.82) is 5.26 Å². The van der Waals surface area contributed by atoms with Crippen LogP contribution in [0, 0.1) is 24.1 Å². The number of halogens is 1. The molecule has 1 amide bonds. The Morgan fingerprint density at radius 3 is 2.31 bits per heavy atom. The maximum Gasteiger partial charge on any atom is 0.270 e. The van der Waals surface area contributed by atoms with Crippen LogP contribution in [0.25, 0.3) is 6.08 Å². The van der Waals surface area contributed by atoms with Crippen LogP contribution in [-0.2, 0) is 18.4 Å². The van der Waals surface area contributed by atoms with Crippen LogP contribution in [0.2, 0.25) is 0 Å². The van der Waals surface area contributed by atoms with E-state index in [0.29, 0.717) is 39.3 Å². The van der Waals surface area contributed by atoms with Gasteiger partial charge < -0.3 is 9.80 Å². The van der Waals surface area contributed by atoms with Crippen LogP contribution in [0.5, 0.6) is 0 Å². The molecule has 0 radical (unpaired) electrons. The van der Waals surface area contributed by atoms with Gasteiger partial charge in [-0.25, -0.2) is 4.39 Å². The van der Waals surface area contributed by atoms with Gasteiger partial charge in [-0.05, 0) is 48.4 Å². The quantitative estimate of drug-likeness (QED) is 0.338. The first-order valence-electron chi connectivity index (χ1n) is 12.5. The Morgan fingerprint density at radius 2 is 1.67 bits per heavy atom. The lowest BCUT2D eigenvalue weighted by Gasteiger charge is -2.38. The number of carbonyl (C=O) groups excluding carboxylic acids is 1. The fourth-order valence-corrected chi connectivity index (χ4v) is 6.19. The molecule has 3 aromatic rings. The predicted octanol–water partition coefficient (Wildman–Crippen LogP) is 4.43. The van der Waals surface area contributed by atoms with Crippen molar-refractivity contribution < 1.29 is 9.18 Å². The molecule has 0 aliphatic carbocycles. The average Bonchev–Trinajstić information content (AvgIpc) is 3.21. The number of amides is 1. The van der Waals surface area contributed by atoms with Crippen LogP contribution < -0.4 is 15.4 Å². The summed E-state index contributed by atoms with van der Waals surface area (Å²) >= 11 is 6.69. The molecule has 0 spiro atoms. The number of nitrogens with zero attached hydrogens (tertiary/aromatic N) is 5. The Hall–Kier alpha value is -3.94. The fourth-order valence-electron chi connectivity index (χ4n) is 4.95. The molecule has 39 heavy (non-hydrogen) atoms. The number of nitriles is 1. The number of aromatic nitrogens is 1. The molecule has 0 unspecified atom stereocenters. The number of pyridine rings is 1. The molecule has 0 saturated carbocycles. The van der Waals surface area contributed by atoms with Gasteiger partial charge in [0.1, 0.15) is 27.6 Å². The number of hydrogen-bond acceptors (Lipinski definition) is 7. The molecule has 1 aromatic heterocycles. The minimum Gasteiger partial charge on any atom is -0.368 e. The molecule has 2 aliphatic rings. The highest BCUT2D eigenvalue weighted by Crippen LogP contribution is 2.36. The lowest BCUT2D eigenvalue weighted by Crippen LogP contribution is -2.48. The fraction of sp³-hybridized carbons (Fsp3) is 0.241. The van der Waals surface area contributed by atoms with Crippen molar-refractivity contribution in [1.82, 2.24) is 9.47 Å². The minimum atomic E-state index is -0.364. The predicted molar refractivity (Wildman–Crippen MR) is 157 cm³/mol. The van der Waals surface area contributed by atoms with Gasteiger partial charge in [0.2, 0.25) is 0 Å². The van der Waals surface area contributed by atoms with E-state index in [9.17, 15) is 19.2 Å². The number of para-hydroxylation sites is 1. The summed E-state index contributed by atoms with van der Waals surface area (Å²) in [6.45, 7) is 4.83. The molecule has 7 nitrogen and oxygen atoms in total. The van der Waals surface area contributed by atoms with E-state index < -0.39 is 0 Å². The van der Waals surface area contributed by atoms with Crippen molar-refractivity contribution in [3.8, 4) is 6.07 Å². The zero-order chi connectivity index (χ0) is 27.7. The minimum absolute atomic E-state index is 0.0530. The van der Waals surface area contributed by atoms with E-state index in [0.717, 1.165) is 24.3 Å². The van der Waals surface area contributed by atoms with Crippen molar-refractivity contribution in [3.63, 3.8) is 0 Å². The van der Waals surface area contributed by atoms with Crippen LogP contribution in [0.1, 0.15) is 22.3 Å². The summed E-state index contributed by atoms with van der Waals surface area (Å²) in [5.41, 5.74) is 2.78. The Kier molecular flexibility index (Phi) is 7.55. The third-order valence-electron chi connectivity index (χ3n) is 7.07. The lowest BCUT2D eigenvalue weighted by atomic mass is 10.0. The highest BCUT2D eigenvalue weighted by atomic mass is 32.2. The largest absolute Gasteiger partial charge is 0.368 e. The maximum absolute atomic E-state index is 13.4. The first-order valence-corrected chi connectivity index (χ1v) is 13.7. The molecule has 2 aromatic carbocycles. The second kappa shape index (κ2) is 11.0. The smallest absolute Gasteiger partial charge is 0.270 e. The lowest BCUT2D eigenvalue weighted by molar-refractivity contribution is -0.122. The maximum atomic E-state index is 13.4. The number of anilines is 2. The normalized spacial score (nSPS) is 16.8. The SMILES string of the molecule is Cc1c(/C=C2\SC(=S)N(Cc3ccc(F)cc3)C2=O)c(N2CCN(c3ccccc3)CC2)n(C)c(=O)c1C#N. The van der Waals surface area contributed by atoms with Gasteiger partial charge in [0, 0.05) is 44.5 Å². The van der Waals surface area contributed by atoms with E-state index >= 15 is 0 Å². The van der Waals surface area contributed by atoms with Crippen LogP contribution in [0.4, 0.5) is 15.9 Å². The van der Waals surface area contributed by atoms with Crippen LogP contribution in [0.3, 0.4) is 0 Å². The van der Waals surface area contributed by atoms with Gasteiger partial charge in [0.05, 0.1) is 11.4 Å². The first kappa shape index (κ1) is 26.7. The van der Waals surface area contributed by atoms with E-state index in [1.54, 1.807) is 32.2 Å². The van der Waals surface area contributed by atoms with Gasteiger partial charge in [0.15, 0.2) is 0 Å². The molecular formula is C29H26FN5O2S2. The van der Waals surface area contributed by atoms with E-state index in [1.165, 1.54) is 33.4 Å². The Labute approximate surface area is 235 Å². The van der Waals surface area contributed by atoms with Crippen molar-refractivity contribution in [3.05, 3.63) is 97.9 Å². The summed E-state index contributed by atoms with van der Waals surface area (Å²) in [7, 11) is 1.67. The number of thioether (sulfide) groups is 1. The summed E-state index contributed by atoms with van der Waals surface area (Å²) in [4.78, 5) is 32.9. The molecule has 2 aliphatic heterocycles. The average molecular weight is 560 g/mol. The Bertz CT molecular complexity index is 1570. The van der Waals surface area contributed by atoms with Gasteiger partial charge in [-0.2, -0.15) is 5.26 Å². The van der Waals surface area contributed by atoms with Crippen molar-refractivity contribution in [2.24, 2.45) is 7.05 Å². The number of rotatable bonds is 5. The van der Waals surface area contributed by atoms with Gasteiger partial charge in [0.25, 0.3) is 11.5 Å². The number of piperazine rings is 1. The molecule has 0 bridgehead atoms. The van der Waals surface area contributed by atoms with Crippen LogP contribution in [0.15, 0.2) is 64.3 Å². The zero-order valence-electron chi connectivity index (χ0n) is 21.6. The molecule has 5 rings (SSSR count). The van der Waals surface area contributed by atoms with Gasteiger partial charge in [-0.15, -0.1) is 0 Å². The highest BCUT2D eigenvalue weighted by Gasteiger charge is 2.33. The molecule has 2 saturated heterocycles. The third kappa shape index (κ3) is 5.20. The monoisotopic (exact) mass is 559 g/mol. The Balaban J connectivity index is 1.49. The Morgan fingerprint density at radius 1 is 1.03 bits per heavy atom. The molecule has 0 N–H and O–H groups in total. The summed E-state index contributed by atoms with van der Waals surface area (Å²) in [6.07, 6.45) is 1.75. The molecule has 2 fully saturated rings. The second-order valence-electron chi connectivity index (χ2n) is 9.42. The van der Waals surface area contributed by atoms with Gasteiger partial charge >= 0.3 is 0 Å². The van der Waals surface area contributed by atoms with Crippen molar-refractivity contribution >= 4 is 51.8 Å². The summed E-state index contributed by atoms with van der Waals surface area (Å²) in [5, 5.41) is 9.76. The molecule has 0 atom stereocenters. The molecular weight excluding hydrogens is 533 g/mol. The third-order valence-corrected chi connectivity index (χ3v) is 8.45. The molecule has 198 valence electrons. The van der Waals surface area contributed by atoms with E-state index in [4.69, 9.17) is 12.2 Å². The van der Waals surface area contributed by atoms with Crippen molar-refractivity contribution in [2.75, 3.05) is 36.0 Å². The van der Waals surface area contributed by atoms with Crippen LogP contribution >= 0.6 is 24.0 Å². The molecule has 10 heteroatoms. The first-order chi connectivity index (χ1) is 18.8. The highest BCUT2D eigenvalue weighted by molar-refractivity contribution is 8.26. The summed E-state index contributed by atoms with van der Waals surface area (Å²) in [6, 6.07) is 18.2. The number of hydrogen-bond donors (Lipinski definition) is 0. The van der Waals surface area contributed by atoms with E-state index in [-0.39, 0.29) is 29.4 Å².